The van der Waals surface area contributed by atoms with Gasteiger partial charge in [-0.1, -0.05) is 13.8 Å². The molecular formula is C11H14ClN3. The van der Waals surface area contributed by atoms with Gasteiger partial charge in [-0.3, -0.25) is 0 Å². The van der Waals surface area contributed by atoms with Gasteiger partial charge in [0.05, 0.1) is 5.52 Å². The van der Waals surface area contributed by atoms with E-state index in [9.17, 15) is 0 Å². The molecule has 0 bridgehead atoms. The number of H-pyrrole nitrogens is 1. The van der Waals surface area contributed by atoms with Crippen molar-refractivity contribution in [2.45, 2.75) is 27.2 Å². The summed E-state index contributed by atoms with van der Waals surface area (Å²) >= 11 is 5.81. The third-order valence-electron chi connectivity index (χ3n) is 2.30. The smallest absolute Gasteiger partial charge is 0.202 e. The monoisotopic (exact) mass is 223 g/mol. The molecule has 2 aromatic rings. The minimum absolute atomic E-state index is 0.405. The molecule has 0 aliphatic rings. The van der Waals surface area contributed by atoms with Crippen molar-refractivity contribution in [3.8, 4) is 0 Å². The maximum absolute atomic E-state index is 5.81. The molecule has 2 rings (SSSR count). The normalized spacial score (nSPS) is 11.5. The Labute approximate surface area is 93.9 Å². The molecule has 3 nitrogen and oxygen atoms in total. The van der Waals surface area contributed by atoms with E-state index in [0.717, 1.165) is 28.8 Å². The first-order valence-corrected chi connectivity index (χ1v) is 5.46. The summed E-state index contributed by atoms with van der Waals surface area (Å²) in [4.78, 5) is 11.6. The fraction of sp³-hybridized carbons (Fsp3) is 0.455. The number of fused-ring (bicyclic) bond motifs is 1. The van der Waals surface area contributed by atoms with Crippen LogP contribution in [-0.2, 0) is 6.42 Å². The molecule has 0 atom stereocenters. The Morgan fingerprint density at radius 1 is 1.40 bits per heavy atom. The zero-order valence-corrected chi connectivity index (χ0v) is 9.89. The van der Waals surface area contributed by atoms with Crippen molar-refractivity contribution in [3.05, 3.63) is 22.6 Å². The van der Waals surface area contributed by atoms with Crippen LogP contribution in [0.15, 0.2) is 6.07 Å². The van der Waals surface area contributed by atoms with E-state index in [2.05, 4.69) is 34.9 Å². The Kier molecular flexibility index (Phi) is 2.65. The van der Waals surface area contributed by atoms with Crippen LogP contribution in [0.3, 0.4) is 0 Å². The zero-order valence-electron chi connectivity index (χ0n) is 9.13. The van der Waals surface area contributed by atoms with Crippen molar-refractivity contribution in [2.75, 3.05) is 0 Å². The van der Waals surface area contributed by atoms with E-state index >= 15 is 0 Å². The molecule has 80 valence electrons. The summed E-state index contributed by atoms with van der Waals surface area (Å²) < 4.78 is 0. The van der Waals surface area contributed by atoms with Crippen LogP contribution in [0.5, 0.6) is 0 Å². The molecule has 15 heavy (non-hydrogen) atoms. The van der Waals surface area contributed by atoms with Gasteiger partial charge in [0.1, 0.15) is 0 Å². The van der Waals surface area contributed by atoms with Gasteiger partial charge in [0, 0.05) is 5.69 Å². The molecular weight excluding hydrogens is 210 g/mol. The highest BCUT2D eigenvalue weighted by atomic mass is 35.5. The maximum atomic E-state index is 5.81. The van der Waals surface area contributed by atoms with E-state index in [4.69, 9.17) is 11.6 Å². The number of aryl methyl sites for hydroxylation is 1. The van der Waals surface area contributed by atoms with E-state index in [1.807, 2.05) is 6.92 Å². The number of nitrogens with one attached hydrogen (secondary N) is 1. The second-order valence-corrected chi connectivity index (χ2v) is 4.61. The van der Waals surface area contributed by atoms with Gasteiger partial charge in [0.25, 0.3) is 0 Å². The minimum atomic E-state index is 0.405. The predicted octanol–water partition coefficient (Wildman–Crippen LogP) is 3.12. The maximum Gasteiger partial charge on any atom is 0.202 e. The van der Waals surface area contributed by atoms with E-state index < -0.39 is 0 Å². The fourth-order valence-corrected chi connectivity index (χ4v) is 1.88. The Bertz CT molecular complexity index is 488. The number of nitrogens with zero attached hydrogens (tertiary/aromatic N) is 2. The first-order chi connectivity index (χ1) is 7.06. The van der Waals surface area contributed by atoms with Crippen LogP contribution in [-0.4, -0.2) is 15.0 Å². The quantitative estimate of drug-likeness (QED) is 0.850. The van der Waals surface area contributed by atoms with Crippen LogP contribution < -0.4 is 0 Å². The lowest BCUT2D eigenvalue weighted by Gasteiger charge is -2.05. The number of aromatic amines is 1. The van der Waals surface area contributed by atoms with Crippen molar-refractivity contribution in [1.29, 1.82) is 0 Å². The number of rotatable bonds is 2. The molecule has 0 amide bonds. The first-order valence-electron chi connectivity index (χ1n) is 5.08. The molecule has 4 heteroatoms. The van der Waals surface area contributed by atoms with Crippen molar-refractivity contribution >= 4 is 22.8 Å². The third-order valence-corrected chi connectivity index (χ3v) is 2.48. The van der Waals surface area contributed by atoms with Gasteiger partial charge in [-0.05, 0) is 42.5 Å². The van der Waals surface area contributed by atoms with Crippen LogP contribution in [0.1, 0.15) is 25.1 Å². The van der Waals surface area contributed by atoms with Crippen LogP contribution in [0.4, 0.5) is 0 Å². The van der Waals surface area contributed by atoms with Gasteiger partial charge in [-0.15, -0.1) is 0 Å². The van der Waals surface area contributed by atoms with Gasteiger partial charge < -0.3 is 4.98 Å². The molecule has 0 aliphatic heterocycles. The summed E-state index contributed by atoms with van der Waals surface area (Å²) in [5.41, 5.74) is 3.89. The van der Waals surface area contributed by atoms with Crippen molar-refractivity contribution in [2.24, 2.45) is 5.92 Å². The minimum Gasteiger partial charge on any atom is -0.327 e. The number of hydrogen-bond acceptors (Lipinski definition) is 2. The van der Waals surface area contributed by atoms with Gasteiger partial charge in [0.2, 0.25) is 5.28 Å². The van der Waals surface area contributed by atoms with Gasteiger partial charge in [-0.2, -0.15) is 4.98 Å². The molecule has 2 aromatic heterocycles. The highest BCUT2D eigenvalue weighted by Crippen LogP contribution is 2.18. The van der Waals surface area contributed by atoms with E-state index in [0.29, 0.717) is 11.2 Å². The second-order valence-electron chi connectivity index (χ2n) is 4.25. The topological polar surface area (TPSA) is 41.6 Å². The molecule has 0 saturated heterocycles. The van der Waals surface area contributed by atoms with E-state index in [1.165, 1.54) is 0 Å². The Balaban J connectivity index is 2.51. The lowest BCUT2D eigenvalue weighted by Crippen LogP contribution is -1.98. The third kappa shape index (κ3) is 2.12. The van der Waals surface area contributed by atoms with Crippen LogP contribution in [0, 0.1) is 12.8 Å². The lowest BCUT2D eigenvalue weighted by atomic mass is 10.1. The summed E-state index contributed by atoms with van der Waals surface area (Å²) in [6.45, 7) is 6.40. The van der Waals surface area contributed by atoms with Crippen LogP contribution >= 0.6 is 11.6 Å². The van der Waals surface area contributed by atoms with E-state index in [-0.39, 0.29) is 0 Å². The Morgan fingerprint density at radius 2 is 2.13 bits per heavy atom. The molecule has 1 N–H and O–H groups in total. The lowest BCUT2D eigenvalue weighted by molar-refractivity contribution is 0.636. The van der Waals surface area contributed by atoms with Gasteiger partial charge in [0.15, 0.2) is 5.65 Å². The first kappa shape index (κ1) is 10.4. The van der Waals surface area contributed by atoms with Crippen molar-refractivity contribution in [1.82, 2.24) is 15.0 Å². The molecule has 0 unspecified atom stereocenters. The standard InChI is InChI=1S/C11H14ClN3/c1-6(2)4-8-5-7(3)9-10(13-8)15-11(12)14-9/h5-6H,4H2,1-3H3,(H,13,14,15). The largest absolute Gasteiger partial charge is 0.327 e. The summed E-state index contributed by atoms with van der Waals surface area (Å²) in [6.07, 6.45) is 0.973. The summed E-state index contributed by atoms with van der Waals surface area (Å²) in [6, 6.07) is 2.09. The molecule has 0 fully saturated rings. The highest BCUT2D eigenvalue weighted by molar-refractivity contribution is 6.29. The van der Waals surface area contributed by atoms with Gasteiger partial charge >= 0.3 is 0 Å². The molecule has 0 radical (unpaired) electrons. The molecule has 0 spiro atoms. The Morgan fingerprint density at radius 3 is 2.80 bits per heavy atom. The fourth-order valence-electron chi connectivity index (χ4n) is 1.70. The molecule has 0 aromatic carbocycles. The summed E-state index contributed by atoms with van der Waals surface area (Å²) in [7, 11) is 0. The average Bonchev–Trinajstić information content (AvgIpc) is 2.44. The number of pyridine rings is 1. The second kappa shape index (κ2) is 3.81. The summed E-state index contributed by atoms with van der Waals surface area (Å²) in [5, 5.41) is 0.405. The highest BCUT2D eigenvalue weighted by Gasteiger charge is 2.08. The molecule has 2 heterocycles. The predicted molar refractivity (Wildman–Crippen MR) is 62.2 cm³/mol. The molecule has 0 saturated carbocycles. The zero-order chi connectivity index (χ0) is 11.0. The van der Waals surface area contributed by atoms with Gasteiger partial charge in [-0.25, -0.2) is 4.98 Å². The number of aromatic nitrogens is 3. The number of hydrogen-bond donors (Lipinski definition) is 1. The van der Waals surface area contributed by atoms with Crippen molar-refractivity contribution in [3.63, 3.8) is 0 Å². The Hall–Kier alpha value is -1.09. The summed E-state index contributed by atoms with van der Waals surface area (Å²) in [5.74, 6) is 0.601. The van der Waals surface area contributed by atoms with Crippen molar-refractivity contribution < 1.29 is 0 Å². The number of imidazole rings is 1. The van der Waals surface area contributed by atoms with E-state index in [1.54, 1.807) is 0 Å². The van der Waals surface area contributed by atoms with Crippen LogP contribution in [0.25, 0.3) is 11.2 Å². The van der Waals surface area contributed by atoms with Crippen LogP contribution in [0.2, 0.25) is 5.28 Å². The SMILES string of the molecule is Cc1cc(CC(C)C)nc2nc(Cl)[nH]c12. The average molecular weight is 224 g/mol. The number of halogens is 1. The molecule has 0 aliphatic carbocycles.